The number of benzene rings is 2. The summed E-state index contributed by atoms with van der Waals surface area (Å²) in [7, 11) is 0. The normalized spacial score (nSPS) is 14.6. The second-order valence-electron chi connectivity index (χ2n) is 6.62. The summed E-state index contributed by atoms with van der Waals surface area (Å²) in [5.41, 5.74) is 5.24. The second kappa shape index (κ2) is 6.20. The molecule has 0 saturated heterocycles. The highest BCUT2D eigenvalue weighted by Crippen LogP contribution is 2.32. The van der Waals surface area contributed by atoms with Gasteiger partial charge in [-0.3, -0.25) is 4.79 Å². The molecule has 4 heteroatoms. The molecule has 4 nitrogen and oxygen atoms in total. The van der Waals surface area contributed by atoms with E-state index < -0.39 is 0 Å². The Morgan fingerprint density at radius 2 is 2.08 bits per heavy atom. The first-order chi connectivity index (χ1) is 12.1. The summed E-state index contributed by atoms with van der Waals surface area (Å²) in [4.78, 5) is 18.8. The van der Waals surface area contributed by atoms with E-state index >= 15 is 0 Å². The van der Waals surface area contributed by atoms with E-state index in [1.165, 1.54) is 11.1 Å². The van der Waals surface area contributed by atoms with Crippen LogP contribution in [0.4, 0.5) is 5.69 Å². The number of hydrogen-bond donors (Lipinski definition) is 0. The summed E-state index contributed by atoms with van der Waals surface area (Å²) in [5.74, 6) is 1.08. The number of oxazole rings is 1. The molecular weight excluding hydrogens is 312 g/mol. The van der Waals surface area contributed by atoms with Crippen LogP contribution < -0.4 is 4.90 Å². The fraction of sp³-hybridized carbons (Fsp3) is 0.238. The number of hydrogen-bond acceptors (Lipinski definition) is 3. The maximum absolute atomic E-state index is 12.8. The third-order valence-electron chi connectivity index (χ3n) is 4.92. The van der Waals surface area contributed by atoms with Crippen molar-refractivity contribution in [3.05, 3.63) is 83.1 Å². The number of rotatable bonds is 4. The first kappa shape index (κ1) is 15.6. The summed E-state index contributed by atoms with van der Waals surface area (Å²) in [6.07, 6.45) is 4.01. The summed E-state index contributed by atoms with van der Waals surface area (Å²) in [6, 6.07) is 14.1. The Hall–Kier alpha value is -2.88. The molecule has 0 saturated carbocycles. The number of aryl methyl sites for hydroxylation is 1. The molecule has 0 unspecified atom stereocenters. The molecule has 0 fully saturated rings. The molecular formula is C21H20N2O2. The van der Waals surface area contributed by atoms with Crippen molar-refractivity contribution in [2.24, 2.45) is 0 Å². The molecule has 1 aliphatic rings. The first-order valence-corrected chi connectivity index (χ1v) is 8.52. The molecule has 1 aliphatic heterocycles. The van der Waals surface area contributed by atoms with Gasteiger partial charge in [0.15, 0.2) is 5.89 Å². The van der Waals surface area contributed by atoms with Gasteiger partial charge in [0.25, 0.3) is 5.91 Å². The van der Waals surface area contributed by atoms with Gasteiger partial charge in [0.2, 0.25) is 0 Å². The van der Waals surface area contributed by atoms with Gasteiger partial charge in [-0.2, -0.15) is 0 Å². The zero-order valence-corrected chi connectivity index (χ0v) is 14.4. The van der Waals surface area contributed by atoms with Crippen molar-refractivity contribution in [2.75, 3.05) is 4.90 Å². The number of nitrogens with zero attached hydrogens (tertiary/aromatic N) is 2. The van der Waals surface area contributed by atoms with Crippen LogP contribution in [0.1, 0.15) is 45.8 Å². The molecule has 0 spiro atoms. The van der Waals surface area contributed by atoms with Gasteiger partial charge in [0.05, 0.1) is 12.7 Å². The highest BCUT2D eigenvalue weighted by Gasteiger charge is 2.29. The van der Waals surface area contributed by atoms with Crippen molar-refractivity contribution in [2.45, 2.75) is 32.7 Å². The second-order valence-corrected chi connectivity index (χ2v) is 6.62. The van der Waals surface area contributed by atoms with Gasteiger partial charge in [0, 0.05) is 17.7 Å². The third kappa shape index (κ3) is 2.84. The smallest absolute Gasteiger partial charge is 0.258 e. The van der Waals surface area contributed by atoms with E-state index in [0.717, 1.165) is 29.1 Å². The zero-order valence-electron chi connectivity index (χ0n) is 14.4. The lowest BCUT2D eigenvalue weighted by Crippen LogP contribution is -2.23. The maximum atomic E-state index is 12.8. The molecule has 25 heavy (non-hydrogen) atoms. The zero-order chi connectivity index (χ0) is 17.4. The first-order valence-electron chi connectivity index (χ1n) is 8.52. The van der Waals surface area contributed by atoms with E-state index in [0.29, 0.717) is 6.54 Å². The maximum Gasteiger partial charge on any atom is 0.258 e. The standard InChI is InChI=1S/C21H20N2O2/c1-14-5-3-8-18-19(14)13-23(21(18)24)17-7-4-6-16(12-17)15(2)11-20-22-9-10-25-20/h3-10,12,15H,11,13H2,1-2H3/t15-/m1/s1. The van der Waals surface area contributed by atoms with Gasteiger partial charge in [-0.1, -0.05) is 31.2 Å². The molecule has 1 amide bonds. The summed E-state index contributed by atoms with van der Waals surface area (Å²) >= 11 is 0. The van der Waals surface area contributed by atoms with Gasteiger partial charge in [-0.25, -0.2) is 4.98 Å². The monoisotopic (exact) mass is 332 g/mol. The molecule has 0 N–H and O–H groups in total. The summed E-state index contributed by atoms with van der Waals surface area (Å²) < 4.78 is 5.35. The minimum absolute atomic E-state index is 0.0798. The van der Waals surface area contributed by atoms with Crippen LogP contribution in [-0.4, -0.2) is 10.9 Å². The van der Waals surface area contributed by atoms with Crippen LogP contribution in [0.2, 0.25) is 0 Å². The predicted molar refractivity (Wildman–Crippen MR) is 96.8 cm³/mol. The molecule has 126 valence electrons. The molecule has 1 atom stereocenters. The summed E-state index contributed by atoms with van der Waals surface area (Å²) in [6.45, 7) is 4.84. The molecule has 1 aromatic heterocycles. The van der Waals surface area contributed by atoms with E-state index in [9.17, 15) is 4.79 Å². The van der Waals surface area contributed by atoms with Crippen molar-refractivity contribution in [3.63, 3.8) is 0 Å². The van der Waals surface area contributed by atoms with Crippen LogP contribution in [0.5, 0.6) is 0 Å². The van der Waals surface area contributed by atoms with E-state index in [-0.39, 0.29) is 11.8 Å². The van der Waals surface area contributed by atoms with Crippen molar-refractivity contribution < 1.29 is 9.21 Å². The van der Waals surface area contributed by atoms with Crippen molar-refractivity contribution in [1.29, 1.82) is 0 Å². The topological polar surface area (TPSA) is 46.3 Å². The number of aromatic nitrogens is 1. The van der Waals surface area contributed by atoms with Crippen LogP contribution >= 0.6 is 0 Å². The highest BCUT2D eigenvalue weighted by atomic mass is 16.3. The van der Waals surface area contributed by atoms with Gasteiger partial charge < -0.3 is 9.32 Å². The number of carbonyl (C=O) groups excluding carboxylic acids is 1. The van der Waals surface area contributed by atoms with Gasteiger partial charge in [-0.15, -0.1) is 0 Å². The molecule has 0 radical (unpaired) electrons. The number of carbonyl (C=O) groups is 1. The van der Waals surface area contributed by atoms with Crippen LogP contribution in [0.3, 0.4) is 0 Å². The van der Waals surface area contributed by atoms with E-state index in [4.69, 9.17) is 4.42 Å². The molecule has 3 aromatic rings. The Morgan fingerprint density at radius 1 is 1.24 bits per heavy atom. The fourth-order valence-corrected chi connectivity index (χ4v) is 3.43. The predicted octanol–water partition coefficient (Wildman–Crippen LogP) is 4.49. The summed E-state index contributed by atoms with van der Waals surface area (Å²) in [5, 5.41) is 0. The minimum atomic E-state index is 0.0798. The van der Waals surface area contributed by atoms with Crippen LogP contribution in [-0.2, 0) is 13.0 Å². The SMILES string of the molecule is Cc1cccc2c1CN(c1cccc([C@H](C)Cc3ncco3)c1)C2=O. The molecule has 0 bridgehead atoms. The number of fused-ring (bicyclic) bond motifs is 1. The Labute approximate surface area is 147 Å². The lowest BCUT2D eigenvalue weighted by molar-refractivity contribution is 0.0996. The van der Waals surface area contributed by atoms with E-state index in [1.807, 2.05) is 29.2 Å². The molecule has 4 rings (SSSR count). The number of anilines is 1. The van der Waals surface area contributed by atoms with E-state index in [2.05, 4.69) is 37.0 Å². The Morgan fingerprint density at radius 3 is 2.84 bits per heavy atom. The minimum Gasteiger partial charge on any atom is -0.449 e. The highest BCUT2D eigenvalue weighted by molar-refractivity contribution is 6.10. The lowest BCUT2D eigenvalue weighted by Gasteiger charge is -2.18. The number of amides is 1. The Bertz CT molecular complexity index is 915. The molecule has 2 aromatic carbocycles. The van der Waals surface area contributed by atoms with Gasteiger partial charge in [0.1, 0.15) is 6.26 Å². The molecule has 0 aliphatic carbocycles. The van der Waals surface area contributed by atoms with Gasteiger partial charge >= 0.3 is 0 Å². The van der Waals surface area contributed by atoms with Crippen LogP contribution in [0.25, 0.3) is 0 Å². The Kier molecular flexibility index (Phi) is 3.88. The quantitative estimate of drug-likeness (QED) is 0.707. The third-order valence-corrected chi connectivity index (χ3v) is 4.92. The van der Waals surface area contributed by atoms with E-state index in [1.54, 1.807) is 12.5 Å². The average Bonchev–Trinajstić information content (AvgIpc) is 3.24. The lowest BCUT2D eigenvalue weighted by atomic mass is 9.97. The molecule has 2 heterocycles. The van der Waals surface area contributed by atoms with Crippen molar-refractivity contribution >= 4 is 11.6 Å². The van der Waals surface area contributed by atoms with Crippen LogP contribution in [0.15, 0.2) is 59.3 Å². The average molecular weight is 332 g/mol. The van der Waals surface area contributed by atoms with Crippen molar-refractivity contribution in [1.82, 2.24) is 4.98 Å². The van der Waals surface area contributed by atoms with Crippen LogP contribution in [0, 0.1) is 6.92 Å². The largest absolute Gasteiger partial charge is 0.449 e. The fourth-order valence-electron chi connectivity index (χ4n) is 3.43. The van der Waals surface area contributed by atoms with Crippen molar-refractivity contribution in [3.8, 4) is 0 Å². The van der Waals surface area contributed by atoms with Gasteiger partial charge in [-0.05, 0) is 47.7 Å². The Balaban J connectivity index is 1.60.